The van der Waals surface area contributed by atoms with Crippen molar-refractivity contribution >= 4 is 58.8 Å². The standard InChI is InChI=1S/C19H22Cl2N6.HI/c1-19(2,13-7-8-14(20)15(21)10-13)12-24-18(22-3)23-11-17-26-25-16-6-4-5-9-27(16)17;/h4-10H,11-12H2,1-3H3,(H2,22,23,24);1H. The Hall–Kier alpha value is -1.58. The molecular weight excluding hydrogens is 510 g/mol. The van der Waals surface area contributed by atoms with Crippen LogP contribution in [0.15, 0.2) is 47.6 Å². The zero-order chi connectivity index (χ0) is 19.4. The molecule has 9 heteroatoms. The highest BCUT2D eigenvalue weighted by Gasteiger charge is 2.22. The summed E-state index contributed by atoms with van der Waals surface area (Å²) in [6.45, 7) is 5.46. The lowest BCUT2D eigenvalue weighted by molar-refractivity contribution is 0.508. The van der Waals surface area contributed by atoms with Gasteiger partial charge in [0.25, 0.3) is 0 Å². The molecule has 0 amide bonds. The van der Waals surface area contributed by atoms with Crippen LogP contribution in [0.25, 0.3) is 5.65 Å². The van der Waals surface area contributed by atoms with Crippen LogP contribution in [0.5, 0.6) is 0 Å². The number of aromatic nitrogens is 3. The van der Waals surface area contributed by atoms with Crippen LogP contribution < -0.4 is 10.6 Å². The van der Waals surface area contributed by atoms with Crippen molar-refractivity contribution in [1.82, 2.24) is 25.2 Å². The summed E-state index contributed by atoms with van der Waals surface area (Å²) < 4.78 is 1.94. The zero-order valence-electron chi connectivity index (χ0n) is 15.9. The lowest BCUT2D eigenvalue weighted by Crippen LogP contribution is -2.43. The van der Waals surface area contributed by atoms with Crippen LogP contribution in [0, 0.1) is 0 Å². The van der Waals surface area contributed by atoms with Crippen molar-refractivity contribution in [2.75, 3.05) is 13.6 Å². The first-order valence-electron chi connectivity index (χ1n) is 8.59. The highest BCUT2D eigenvalue weighted by atomic mass is 127. The van der Waals surface area contributed by atoms with Gasteiger partial charge in [0, 0.05) is 25.2 Å². The van der Waals surface area contributed by atoms with Gasteiger partial charge in [0.1, 0.15) is 0 Å². The second kappa shape index (κ2) is 9.76. The summed E-state index contributed by atoms with van der Waals surface area (Å²) >= 11 is 12.2. The average molecular weight is 533 g/mol. The molecule has 0 unspecified atom stereocenters. The molecule has 2 heterocycles. The van der Waals surface area contributed by atoms with E-state index in [-0.39, 0.29) is 29.4 Å². The van der Waals surface area contributed by atoms with Crippen LogP contribution in [0.1, 0.15) is 25.2 Å². The summed E-state index contributed by atoms with van der Waals surface area (Å²) in [5.41, 5.74) is 1.76. The Labute approximate surface area is 191 Å². The molecule has 0 atom stereocenters. The number of hydrogen-bond donors (Lipinski definition) is 2. The number of nitrogens with one attached hydrogen (secondary N) is 2. The third-order valence-corrected chi connectivity index (χ3v) is 5.16. The van der Waals surface area contributed by atoms with E-state index in [1.54, 1.807) is 7.05 Å². The third-order valence-electron chi connectivity index (χ3n) is 4.42. The van der Waals surface area contributed by atoms with Crippen molar-refractivity contribution in [3.05, 3.63) is 64.0 Å². The molecule has 0 saturated heterocycles. The molecule has 0 aliphatic carbocycles. The number of halogens is 3. The van der Waals surface area contributed by atoms with Crippen LogP contribution in [-0.4, -0.2) is 34.2 Å². The molecule has 0 radical (unpaired) electrons. The Balaban J connectivity index is 0.00000280. The summed E-state index contributed by atoms with van der Waals surface area (Å²) in [4.78, 5) is 4.29. The molecule has 2 aromatic heterocycles. The van der Waals surface area contributed by atoms with Crippen LogP contribution in [0.3, 0.4) is 0 Å². The van der Waals surface area contributed by atoms with Gasteiger partial charge in [-0.1, -0.05) is 49.2 Å². The quantitative estimate of drug-likeness (QED) is 0.292. The first kappa shape index (κ1) is 22.7. The van der Waals surface area contributed by atoms with E-state index in [1.165, 1.54) is 0 Å². The van der Waals surface area contributed by atoms with Gasteiger partial charge in [0.15, 0.2) is 17.4 Å². The van der Waals surface area contributed by atoms with Crippen LogP contribution >= 0.6 is 47.2 Å². The fourth-order valence-electron chi connectivity index (χ4n) is 2.72. The second-order valence-electron chi connectivity index (χ2n) is 6.84. The summed E-state index contributed by atoms with van der Waals surface area (Å²) in [6.07, 6.45) is 1.94. The molecule has 1 aromatic carbocycles. The lowest BCUT2D eigenvalue weighted by atomic mass is 9.84. The van der Waals surface area contributed by atoms with E-state index in [0.29, 0.717) is 29.1 Å². The molecule has 0 saturated carbocycles. The van der Waals surface area contributed by atoms with Crippen molar-refractivity contribution in [2.24, 2.45) is 4.99 Å². The van der Waals surface area contributed by atoms with E-state index >= 15 is 0 Å². The maximum Gasteiger partial charge on any atom is 0.191 e. The fourth-order valence-corrected chi connectivity index (χ4v) is 3.02. The first-order valence-corrected chi connectivity index (χ1v) is 9.35. The summed E-state index contributed by atoms with van der Waals surface area (Å²) in [5, 5.41) is 16.1. The largest absolute Gasteiger partial charge is 0.356 e. The topological polar surface area (TPSA) is 66.6 Å². The first-order chi connectivity index (χ1) is 12.9. The molecule has 6 nitrogen and oxygen atoms in total. The number of nitrogens with zero attached hydrogens (tertiary/aromatic N) is 4. The Morgan fingerprint density at radius 3 is 2.61 bits per heavy atom. The van der Waals surface area contributed by atoms with E-state index in [9.17, 15) is 0 Å². The van der Waals surface area contributed by atoms with Crippen molar-refractivity contribution in [2.45, 2.75) is 25.8 Å². The highest BCUT2D eigenvalue weighted by molar-refractivity contribution is 14.0. The molecule has 3 rings (SSSR count). The van der Waals surface area contributed by atoms with Crippen molar-refractivity contribution < 1.29 is 0 Å². The smallest absolute Gasteiger partial charge is 0.191 e. The Bertz CT molecular complexity index is 970. The molecule has 150 valence electrons. The van der Waals surface area contributed by atoms with E-state index in [0.717, 1.165) is 17.0 Å². The monoisotopic (exact) mass is 532 g/mol. The minimum Gasteiger partial charge on any atom is -0.356 e. The van der Waals surface area contributed by atoms with E-state index in [1.807, 2.05) is 47.0 Å². The zero-order valence-corrected chi connectivity index (χ0v) is 19.8. The van der Waals surface area contributed by atoms with Crippen LogP contribution in [0.2, 0.25) is 10.0 Å². The predicted molar refractivity (Wildman–Crippen MR) is 126 cm³/mol. The molecule has 0 fully saturated rings. The van der Waals surface area contributed by atoms with E-state index in [2.05, 4.69) is 39.7 Å². The normalized spacial score (nSPS) is 12.0. The molecule has 0 aliphatic heterocycles. The van der Waals surface area contributed by atoms with Crippen molar-refractivity contribution in [3.8, 4) is 0 Å². The van der Waals surface area contributed by atoms with Gasteiger partial charge in [-0.2, -0.15) is 0 Å². The number of guanidine groups is 1. The van der Waals surface area contributed by atoms with Crippen LogP contribution in [-0.2, 0) is 12.0 Å². The lowest BCUT2D eigenvalue weighted by Gasteiger charge is -2.27. The van der Waals surface area contributed by atoms with Crippen LogP contribution in [0.4, 0.5) is 0 Å². The number of rotatable bonds is 5. The number of aliphatic imine (C=N–C) groups is 1. The summed E-state index contributed by atoms with van der Waals surface area (Å²) in [7, 11) is 1.74. The molecule has 2 N–H and O–H groups in total. The molecule has 3 aromatic rings. The third kappa shape index (κ3) is 5.27. The van der Waals surface area contributed by atoms with Gasteiger partial charge in [-0.15, -0.1) is 34.2 Å². The van der Waals surface area contributed by atoms with E-state index < -0.39 is 0 Å². The average Bonchev–Trinajstić information content (AvgIpc) is 3.07. The molecule has 0 bridgehead atoms. The minimum atomic E-state index is -0.159. The van der Waals surface area contributed by atoms with Gasteiger partial charge in [-0.3, -0.25) is 9.39 Å². The van der Waals surface area contributed by atoms with Crippen molar-refractivity contribution in [1.29, 1.82) is 0 Å². The van der Waals surface area contributed by atoms with E-state index in [4.69, 9.17) is 23.2 Å². The maximum atomic E-state index is 6.16. The van der Waals surface area contributed by atoms with Gasteiger partial charge in [-0.25, -0.2) is 0 Å². The van der Waals surface area contributed by atoms with Gasteiger partial charge in [-0.05, 0) is 29.8 Å². The fraction of sp³-hybridized carbons (Fsp3) is 0.316. The molecular formula is C19H23Cl2IN6. The Morgan fingerprint density at radius 2 is 1.89 bits per heavy atom. The number of pyridine rings is 1. The Kier molecular flexibility index (Phi) is 7.91. The molecule has 0 aliphatic rings. The van der Waals surface area contributed by atoms with Crippen molar-refractivity contribution in [3.63, 3.8) is 0 Å². The second-order valence-corrected chi connectivity index (χ2v) is 7.65. The Morgan fingerprint density at radius 1 is 1.11 bits per heavy atom. The van der Waals surface area contributed by atoms with Gasteiger partial charge in [0.2, 0.25) is 0 Å². The minimum absolute atomic E-state index is 0. The molecule has 0 spiro atoms. The number of hydrogen-bond acceptors (Lipinski definition) is 3. The SMILES string of the molecule is CN=C(NCc1nnc2ccccn12)NCC(C)(C)c1ccc(Cl)c(Cl)c1.I. The van der Waals surface area contributed by atoms with Gasteiger partial charge < -0.3 is 10.6 Å². The number of benzene rings is 1. The van der Waals surface area contributed by atoms with Gasteiger partial charge >= 0.3 is 0 Å². The molecule has 28 heavy (non-hydrogen) atoms. The number of fused-ring (bicyclic) bond motifs is 1. The highest BCUT2D eigenvalue weighted by Crippen LogP contribution is 2.29. The predicted octanol–water partition coefficient (Wildman–Crippen LogP) is 4.30. The summed E-state index contributed by atoms with van der Waals surface area (Å²) in [5.74, 6) is 1.51. The summed E-state index contributed by atoms with van der Waals surface area (Å²) in [6, 6.07) is 11.5. The maximum absolute atomic E-state index is 6.16. The van der Waals surface area contributed by atoms with Gasteiger partial charge in [0.05, 0.1) is 16.6 Å².